The molecular formula is C23H27N3O2. The summed E-state index contributed by atoms with van der Waals surface area (Å²) in [6.45, 7) is 4.44. The van der Waals surface area contributed by atoms with E-state index < -0.39 is 0 Å². The number of benzene rings is 2. The third-order valence-electron chi connectivity index (χ3n) is 5.76. The number of likely N-dealkylation sites (tertiary alicyclic amines) is 1. The number of carbonyl (C=O) groups is 1. The lowest BCUT2D eigenvalue weighted by Gasteiger charge is -2.17. The normalized spacial score (nSPS) is 16.8. The van der Waals surface area contributed by atoms with Crippen molar-refractivity contribution >= 4 is 16.9 Å². The summed E-state index contributed by atoms with van der Waals surface area (Å²) in [4.78, 5) is 19.3. The van der Waals surface area contributed by atoms with Crippen LogP contribution >= 0.6 is 0 Å². The highest BCUT2D eigenvalue weighted by atomic mass is 16.3. The summed E-state index contributed by atoms with van der Waals surface area (Å²) >= 11 is 0. The molecule has 1 atom stereocenters. The highest BCUT2D eigenvalue weighted by Crippen LogP contribution is 2.22. The average Bonchev–Trinajstić information content (AvgIpc) is 3.30. The van der Waals surface area contributed by atoms with Gasteiger partial charge in [0.15, 0.2) is 0 Å². The number of aliphatic hydroxyl groups is 1. The monoisotopic (exact) mass is 377 g/mol. The van der Waals surface area contributed by atoms with E-state index in [1.165, 1.54) is 5.56 Å². The Morgan fingerprint density at radius 2 is 1.89 bits per heavy atom. The molecule has 0 aliphatic carbocycles. The van der Waals surface area contributed by atoms with Gasteiger partial charge in [-0.05, 0) is 48.9 Å². The maximum absolute atomic E-state index is 12.7. The number of aromatic nitrogens is 2. The number of nitrogens with zero attached hydrogens (tertiary/aromatic N) is 3. The van der Waals surface area contributed by atoms with Crippen molar-refractivity contribution in [3.05, 3.63) is 65.5 Å². The molecule has 1 amide bonds. The molecule has 1 aromatic heterocycles. The summed E-state index contributed by atoms with van der Waals surface area (Å²) in [5.74, 6) is 1.70. The van der Waals surface area contributed by atoms with Gasteiger partial charge < -0.3 is 14.6 Å². The first-order chi connectivity index (χ1) is 13.6. The van der Waals surface area contributed by atoms with Crippen molar-refractivity contribution in [1.29, 1.82) is 0 Å². The lowest BCUT2D eigenvalue weighted by Crippen LogP contribution is -2.29. The van der Waals surface area contributed by atoms with Gasteiger partial charge in [-0.2, -0.15) is 0 Å². The number of imidazole rings is 1. The Hall–Kier alpha value is -2.66. The van der Waals surface area contributed by atoms with Crippen LogP contribution < -0.4 is 0 Å². The number of amides is 1. The fraction of sp³-hybridized carbons (Fsp3) is 0.391. The second-order valence-corrected chi connectivity index (χ2v) is 7.72. The third-order valence-corrected chi connectivity index (χ3v) is 5.76. The van der Waals surface area contributed by atoms with Gasteiger partial charge in [-0.3, -0.25) is 4.79 Å². The van der Waals surface area contributed by atoms with Crippen LogP contribution in [0, 0.1) is 12.8 Å². The average molecular weight is 377 g/mol. The van der Waals surface area contributed by atoms with Gasteiger partial charge in [-0.1, -0.05) is 36.4 Å². The zero-order valence-corrected chi connectivity index (χ0v) is 16.3. The van der Waals surface area contributed by atoms with Gasteiger partial charge >= 0.3 is 0 Å². The van der Waals surface area contributed by atoms with Gasteiger partial charge in [0.25, 0.3) is 0 Å². The smallest absolute Gasteiger partial charge is 0.224 e. The van der Waals surface area contributed by atoms with Gasteiger partial charge in [-0.15, -0.1) is 0 Å². The molecule has 4 rings (SSSR count). The van der Waals surface area contributed by atoms with Crippen molar-refractivity contribution in [1.82, 2.24) is 14.5 Å². The zero-order chi connectivity index (χ0) is 19.5. The van der Waals surface area contributed by atoms with E-state index in [-0.39, 0.29) is 12.5 Å². The molecular weight excluding hydrogens is 350 g/mol. The number of rotatable bonds is 6. The van der Waals surface area contributed by atoms with E-state index in [4.69, 9.17) is 5.11 Å². The van der Waals surface area contributed by atoms with Crippen molar-refractivity contribution in [3.63, 3.8) is 0 Å². The van der Waals surface area contributed by atoms with Gasteiger partial charge in [0.2, 0.25) is 5.91 Å². The largest absolute Gasteiger partial charge is 0.392 e. The minimum Gasteiger partial charge on any atom is -0.392 e. The highest BCUT2D eigenvalue weighted by Gasteiger charge is 2.26. The fourth-order valence-corrected chi connectivity index (χ4v) is 4.18. The molecule has 0 radical (unpaired) electrons. The molecule has 1 aliphatic heterocycles. The molecule has 2 heterocycles. The topological polar surface area (TPSA) is 58.4 Å². The predicted molar refractivity (Wildman–Crippen MR) is 110 cm³/mol. The second-order valence-electron chi connectivity index (χ2n) is 7.72. The lowest BCUT2D eigenvalue weighted by atomic mass is 9.98. The number of aliphatic hydroxyl groups excluding tert-OH is 1. The standard InChI is InChI=1S/C23H27N3O2/c1-17-24-21-4-2-3-5-22(21)26(17)13-11-23(28)25-12-10-20(15-25)14-18-6-8-19(16-27)9-7-18/h2-9,20,27H,10-16H2,1H3/t20-/m0/s1. The van der Waals surface area contributed by atoms with Crippen molar-refractivity contribution in [2.75, 3.05) is 13.1 Å². The second kappa shape index (κ2) is 8.15. The summed E-state index contributed by atoms with van der Waals surface area (Å²) < 4.78 is 2.14. The predicted octanol–water partition coefficient (Wildman–Crippen LogP) is 3.32. The van der Waals surface area contributed by atoms with Crippen LogP contribution in [0.3, 0.4) is 0 Å². The summed E-state index contributed by atoms with van der Waals surface area (Å²) in [5, 5.41) is 9.15. The van der Waals surface area contributed by atoms with Crippen molar-refractivity contribution in [2.45, 2.75) is 39.3 Å². The molecule has 1 saturated heterocycles. The summed E-state index contributed by atoms with van der Waals surface area (Å²) in [5.41, 5.74) is 4.30. The van der Waals surface area contributed by atoms with E-state index in [0.29, 0.717) is 18.9 Å². The molecule has 0 saturated carbocycles. The van der Waals surface area contributed by atoms with Gasteiger partial charge in [0, 0.05) is 26.1 Å². The maximum Gasteiger partial charge on any atom is 0.224 e. The molecule has 2 aromatic carbocycles. The Morgan fingerprint density at radius 3 is 2.68 bits per heavy atom. The number of fused-ring (bicyclic) bond motifs is 1. The van der Waals surface area contributed by atoms with E-state index >= 15 is 0 Å². The Labute approximate surface area is 165 Å². The number of para-hydroxylation sites is 2. The first kappa shape index (κ1) is 18.7. The van der Waals surface area contributed by atoms with Crippen LogP contribution in [0.15, 0.2) is 48.5 Å². The molecule has 3 aromatic rings. The summed E-state index contributed by atoms with van der Waals surface area (Å²) in [6, 6.07) is 16.2. The third kappa shape index (κ3) is 3.94. The quantitative estimate of drug-likeness (QED) is 0.717. The highest BCUT2D eigenvalue weighted by molar-refractivity contribution is 5.78. The minimum atomic E-state index is 0.0810. The van der Waals surface area contributed by atoms with Gasteiger partial charge in [-0.25, -0.2) is 4.98 Å². The van der Waals surface area contributed by atoms with Crippen molar-refractivity contribution in [2.24, 2.45) is 5.92 Å². The fourth-order valence-electron chi connectivity index (χ4n) is 4.18. The Kier molecular flexibility index (Phi) is 5.44. The number of carbonyl (C=O) groups excluding carboxylic acids is 1. The first-order valence-corrected chi connectivity index (χ1v) is 10.0. The Balaban J connectivity index is 1.32. The van der Waals surface area contributed by atoms with E-state index in [9.17, 15) is 4.79 Å². The van der Waals surface area contributed by atoms with Gasteiger partial charge in [0.1, 0.15) is 5.82 Å². The molecule has 0 bridgehead atoms. The number of aryl methyl sites for hydroxylation is 2. The Morgan fingerprint density at radius 1 is 1.14 bits per heavy atom. The minimum absolute atomic E-state index is 0.0810. The van der Waals surface area contributed by atoms with E-state index in [2.05, 4.69) is 27.8 Å². The molecule has 0 unspecified atom stereocenters. The van der Waals surface area contributed by atoms with E-state index in [0.717, 1.165) is 48.4 Å². The van der Waals surface area contributed by atoms with E-state index in [1.54, 1.807) is 0 Å². The molecule has 5 heteroatoms. The molecule has 28 heavy (non-hydrogen) atoms. The summed E-state index contributed by atoms with van der Waals surface area (Å²) in [7, 11) is 0. The summed E-state index contributed by atoms with van der Waals surface area (Å²) in [6.07, 6.45) is 2.56. The maximum atomic E-state index is 12.7. The molecule has 5 nitrogen and oxygen atoms in total. The van der Waals surface area contributed by atoms with E-state index in [1.807, 2.05) is 42.2 Å². The first-order valence-electron chi connectivity index (χ1n) is 10.0. The van der Waals surface area contributed by atoms with Gasteiger partial charge in [0.05, 0.1) is 17.6 Å². The van der Waals surface area contributed by atoms with Crippen LogP contribution in [0.2, 0.25) is 0 Å². The molecule has 1 N–H and O–H groups in total. The SMILES string of the molecule is Cc1nc2ccccc2n1CCC(=O)N1CC[C@@H](Cc2ccc(CO)cc2)C1. The van der Waals surface area contributed by atoms with Crippen molar-refractivity contribution < 1.29 is 9.90 Å². The van der Waals surface area contributed by atoms with Crippen LogP contribution in [0.5, 0.6) is 0 Å². The van der Waals surface area contributed by atoms with Crippen LogP contribution in [-0.4, -0.2) is 38.6 Å². The number of hydrogen-bond acceptors (Lipinski definition) is 3. The number of hydrogen-bond donors (Lipinski definition) is 1. The van der Waals surface area contributed by atoms with Crippen LogP contribution in [0.1, 0.15) is 29.8 Å². The van der Waals surface area contributed by atoms with Crippen LogP contribution in [0.25, 0.3) is 11.0 Å². The molecule has 1 aliphatic rings. The van der Waals surface area contributed by atoms with Crippen LogP contribution in [0.4, 0.5) is 0 Å². The lowest BCUT2D eigenvalue weighted by molar-refractivity contribution is -0.130. The zero-order valence-electron chi connectivity index (χ0n) is 16.3. The molecule has 0 spiro atoms. The van der Waals surface area contributed by atoms with Crippen LogP contribution in [-0.2, 0) is 24.4 Å². The Bertz CT molecular complexity index is 962. The van der Waals surface area contributed by atoms with Crippen molar-refractivity contribution in [3.8, 4) is 0 Å². The molecule has 146 valence electrons. The molecule has 1 fully saturated rings.